The molecule has 0 spiro atoms. The second-order valence-corrected chi connectivity index (χ2v) is 7.12. The van der Waals surface area contributed by atoms with Crippen molar-refractivity contribution in [3.63, 3.8) is 0 Å². The predicted molar refractivity (Wildman–Crippen MR) is 75.1 cm³/mol. The molecule has 8 nitrogen and oxygen atoms in total. The number of ether oxygens (including phenoxy) is 2. The van der Waals surface area contributed by atoms with Gasteiger partial charge in [0.2, 0.25) is 10.1 Å². The lowest BCUT2D eigenvalue weighted by molar-refractivity contribution is -0.172. The fourth-order valence-corrected chi connectivity index (χ4v) is 4.52. The summed E-state index contributed by atoms with van der Waals surface area (Å²) in [7, 11) is 0. The van der Waals surface area contributed by atoms with Crippen LogP contribution in [0.15, 0.2) is 9.68 Å². The Kier molecular flexibility index (Phi) is 2.75. The zero-order valence-corrected chi connectivity index (χ0v) is 13.8. The molecule has 3 aliphatic rings. The first kappa shape index (κ1) is 14.1. The summed E-state index contributed by atoms with van der Waals surface area (Å²) < 4.78 is 16.3. The van der Waals surface area contributed by atoms with Gasteiger partial charge in [-0.1, -0.05) is 10.3 Å². The normalized spacial score (nSPS) is 42.0. The van der Waals surface area contributed by atoms with Gasteiger partial charge >= 0.3 is 5.97 Å². The summed E-state index contributed by atoms with van der Waals surface area (Å²) in [4.78, 5) is 21.5. The first-order valence-corrected chi connectivity index (χ1v) is 7.73. The van der Waals surface area contributed by atoms with Crippen molar-refractivity contribution in [1.82, 2.24) is 10.1 Å². The summed E-state index contributed by atoms with van der Waals surface area (Å²) in [6.07, 6.45) is -0.467. The second kappa shape index (κ2) is 4.29. The zero-order valence-electron chi connectivity index (χ0n) is 12.2. The number of carbonyl (C=O) groups is 1. The summed E-state index contributed by atoms with van der Waals surface area (Å²) in [5, 5.41) is 7.87. The fourth-order valence-electron chi connectivity index (χ4n) is 3.61. The van der Waals surface area contributed by atoms with E-state index < -0.39 is 22.2 Å². The molecule has 0 aromatic carbocycles. The molecule has 118 valence electrons. The molecule has 0 unspecified atom stereocenters. The van der Waals surface area contributed by atoms with Crippen molar-refractivity contribution >= 4 is 27.6 Å². The second-order valence-electron chi connectivity index (χ2n) is 5.88. The first-order valence-electron chi connectivity index (χ1n) is 6.94. The molecule has 1 aromatic heterocycles. The van der Waals surface area contributed by atoms with Crippen LogP contribution in [-0.4, -0.2) is 38.5 Å². The largest absolute Gasteiger partial charge is 0.446 e. The van der Waals surface area contributed by atoms with Crippen molar-refractivity contribution in [2.75, 3.05) is 0 Å². The molecular formula is C13H14BrN3O5. The number of oxime groups is 1. The number of hydrogen-bond acceptors (Lipinski definition) is 8. The molecule has 1 aromatic rings. The number of fused-ring (bicyclic) bond motifs is 5. The quantitative estimate of drug-likeness (QED) is 0.572. The Morgan fingerprint density at radius 1 is 1.45 bits per heavy atom. The molecule has 0 amide bonds. The highest BCUT2D eigenvalue weighted by atomic mass is 79.9. The van der Waals surface area contributed by atoms with E-state index in [0.717, 1.165) is 5.71 Å². The SMILES string of the molecule is CC(=O)O[C@@]1(c2nc(C)no2)C[C@@H]2O[C@H]1[C@H]1C(C)=NO[C@@]21Br. The highest BCUT2D eigenvalue weighted by Crippen LogP contribution is 2.62. The van der Waals surface area contributed by atoms with Crippen LogP contribution in [0.5, 0.6) is 0 Å². The van der Waals surface area contributed by atoms with Gasteiger partial charge in [0.15, 0.2) is 5.82 Å². The highest BCUT2D eigenvalue weighted by Gasteiger charge is 2.76. The number of hydrogen-bond donors (Lipinski definition) is 0. The van der Waals surface area contributed by atoms with Gasteiger partial charge in [0, 0.05) is 13.3 Å². The molecule has 3 aliphatic heterocycles. The van der Waals surface area contributed by atoms with E-state index >= 15 is 0 Å². The van der Waals surface area contributed by atoms with Gasteiger partial charge in [-0.3, -0.25) is 4.79 Å². The number of aromatic nitrogens is 2. The third-order valence-corrected chi connectivity index (χ3v) is 5.57. The number of esters is 1. The maximum absolute atomic E-state index is 11.7. The number of halogens is 1. The molecule has 0 aliphatic carbocycles. The van der Waals surface area contributed by atoms with Gasteiger partial charge in [0.05, 0.1) is 11.6 Å². The molecule has 4 rings (SSSR count). The average Bonchev–Trinajstić information content (AvgIpc) is 3.13. The number of rotatable bonds is 2. The van der Waals surface area contributed by atoms with E-state index in [9.17, 15) is 4.79 Å². The van der Waals surface area contributed by atoms with Crippen molar-refractivity contribution in [1.29, 1.82) is 0 Å². The van der Waals surface area contributed by atoms with Crippen molar-refractivity contribution < 1.29 is 23.6 Å². The van der Waals surface area contributed by atoms with E-state index in [1.165, 1.54) is 6.92 Å². The lowest BCUT2D eigenvalue weighted by Gasteiger charge is -2.38. The molecular weight excluding hydrogens is 358 g/mol. The Hall–Kier alpha value is -1.48. The number of aryl methyl sites for hydroxylation is 1. The van der Waals surface area contributed by atoms with Gasteiger partial charge in [-0.15, -0.1) is 0 Å². The third-order valence-electron chi connectivity index (χ3n) is 4.42. The summed E-state index contributed by atoms with van der Waals surface area (Å²) in [5.41, 5.74) is -0.332. The molecule has 2 bridgehead atoms. The highest BCUT2D eigenvalue weighted by molar-refractivity contribution is 9.10. The molecule has 22 heavy (non-hydrogen) atoms. The third kappa shape index (κ3) is 1.60. The lowest BCUT2D eigenvalue weighted by Crippen LogP contribution is -2.54. The van der Waals surface area contributed by atoms with Crippen LogP contribution < -0.4 is 0 Å². The summed E-state index contributed by atoms with van der Waals surface area (Å²) in [6.45, 7) is 4.92. The van der Waals surface area contributed by atoms with Crippen molar-refractivity contribution in [2.24, 2.45) is 11.1 Å². The Balaban J connectivity index is 1.82. The minimum absolute atomic E-state index is 0.196. The van der Waals surface area contributed by atoms with Crippen LogP contribution in [0.25, 0.3) is 0 Å². The van der Waals surface area contributed by atoms with Crippen LogP contribution in [0.2, 0.25) is 0 Å². The summed E-state index contributed by atoms with van der Waals surface area (Å²) >= 11 is 3.60. The summed E-state index contributed by atoms with van der Waals surface area (Å²) in [5.74, 6) is 0.0999. The molecule has 0 N–H and O–H groups in total. The van der Waals surface area contributed by atoms with Crippen molar-refractivity contribution in [3.05, 3.63) is 11.7 Å². The van der Waals surface area contributed by atoms with E-state index in [1.807, 2.05) is 6.92 Å². The maximum atomic E-state index is 11.7. The minimum atomic E-state index is -1.11. The van der Waals surface area contributed by atoms with Gasteiger partial charge in [-0.25, -0.2) is 0 Å². The Bertz CT molecular complexity index is 691. The lowest BCUT2D eigenvalue weighted by atomic mass is 9.74. The van der Waals surface area contributed by atoms with Gasteiger partial charge < -0.3 is 18.8 Å². The van der Waals surface area contributed by atoms with Gasteiger partial charge in [-0.05, 0) is 29.8 Å². The first-order chi connectivity index (χ1) is 10.4. The number of alkyl halides is 1. The summed E-state index contributed by atoms with van der Waals surface area (Å²) in [6, 6.07) is 0. The van der Waals surface area contributed by atoms with Crippen LogP contribution in [0.4, 0.5) is 0 Å². The molecule has 0 saturated carbocycles. The molecule has 2 saturated heterocycles. The number of nitrogens with zero attached hydrogens (tertiary/aromatic N) is 3. The smallest absolute Gasteiger partial charge is 0.303 e. The van der Waals surface area contributed by atoms with Crippen molar-refractivity contribution in [3.8, 4) is 0 Å². The van der Waals surface area contributed by atoms with Crippen LogP contribution in [-0.2, 0) is 24.7 Å². The Morgan fingerprint density at radius 3 is 2.86 bits per heavy atom. The van der Waals surface area contributed by atoms with Gasteiger partial charge in [0.25, 0.3) is 5.89 Å². The topological polar surface area (TPSA) is 96.0 Å². The van der Waals surface area contributed by atoms with Gasteiger partial charge in [0.1, 0.15) is 12.2 Å². The van der Waals surface area contributed by atoms with Crippen LogP contribution in [0.3, 0.4) is 0 Å². The fraction of sp³-hybridized carbons (Fsp3) is 0.692. The maximum Gasteiger partial charge on any atom is 0.303 e. The van der Waals surface area contributed by atoms with E-state index in [-0.39, 0.29) is 17.9 Å². The van der Waals surface area contributed by atoms with E-state index in [1.54, 1.807) is 6.92 Å². The van der Waals surface area contributed by atoms with E-state index in [4.69, 9.17) is 18.8 Å². The average molecular weight is 372 g/mol. The number of carbonyl (C=O) groups excluding carboxylic acids is 1. The van der Waals surface area contributed by atoms with E-state index in [0.29, 0.717) is 12.2 Å². The molecule has 9 heteroatoms. The van der Waals surface area contributed by atoms with Crippen LogP contribution in [0, 0.1) is 12.8 Å². The van der Waals surface area contributed by atoms with E-state index in [2.05, 4.69) is 31.2 Å². The van der Waals surface area contributed by atoms with Crippen molar-refractivity contribution in [2.45, 2.75) is 49.5 Å². The Labute approximate surface area is 134 Å². The zero-order chi connectivity index (χ0) is 15.7. The predicted octanol–water partition coefficient (Wildman–Crippen LogP) is 1.42. The van der Waals surface area contributed by atoms with Gasteiger partial charge in [-0.2, -0.15) is 4.98 Å². The molecule has 0 radical (unpaired) electrons. The standard InChI is InChI=1S/C13H14BrN3O5/c1-5-9-10-12(20-7(3)18,11-15-6(2)17-21-11)4-8(19-10)13(9,14)22-16-5/h8-10H,4H2,1-3H3/t8-,9+,10-,12-,13-/m0/s1. The van der Waals surface area contributed by atoms with Crippen LogP contribution in [0.1, 0.15) is 32.0 Å². The monoisotopic (exact) mass is 371 g/mol. The Morgan fingerprint density at radius 2 is 2.23 bits per heavy atom. The molecule has 2 fully saturated rings. The molecule has 4 heterocycles. The van der Waals surface area contributed by atoms with Crippen LogP contribution >= 0.6 is 15.9 Å². The molecule has 5 atom stereocenters. The minimum Gasteiger partial charge on any atom is -0.446 e.